The summed E-state index contributed by atoms with van der Waals surface area (Å²) in [4.78, 5) is 4.12. The molecule has 0 fully saturated rings. The Morgan fingerprint density at radius 2 is 2.00 bits per heavy atom. The van der Waals surface area contributed by atoms with Gasteiger partial charge in [-0.25, -0.2) is 4.99 Å². The molecular formula is C9H17NS. The highest BCUT2D eigenvalue weighted by Gasteiger charge is 2.02. The SMILES string of the molecule is CCCCC(CCC)N=C=S. The van der Waals surface area contributed by atoms with Gasteiger partial charge in [0.05, 0.1) is 11.2 Å². The minimum absolute atomic E-state index is 0.442. The Balaban J connectivity index is 3.59. The van der Waals surface area contributed by atoms with Crippen LogP contribution in [0.15, 0.2) is 4.99 Å². The second-order valence-corrected chi connectivity index (χ2v) is 2.99. The zero-order valence-corrected chi connectivity index (χ0v) is 8.28. The Labute approximate surface area is 74.9 Å². The minimum atomic E-state index is 0.442. The van der Waals surface area contributed by atoms with Crippen LogP contribution in [0.1, 0.15) is 46.0 Å². The average molecular weight is 171 g/mol. The van der Waals surface area contributed by atoms with Gasteiger partial charge in [0.25, 0.3) is 0 Å². The quantitative estimate of drug-likeness (QED) is 0.440. The summed E-state index contributed by atoms with van der Waals surface area (Å²) in [5.41, 5.74) is 0. The van der Waals surface area contributed by atoms with Crippen molar-refractivity contribution in [2.45, 2.75) is 52.0 Å². The number of isothiocyanates is 1. The molecule has 64 valence electrons. The van der Waals surface area contributed by atoms with Crippen molar-refractivity contribution in [2.75, 3.05) is 0 Å². The maximum atomic E-state index is 4.58. The molecule has 0 aromatic rings. The lowest BCUT2D eigenvalue weighted by Gasteiger charge is -2.07. The average Bonchev–Trinajstić information content (AvgIpc) is 2.01. The Morgan fingerprint density at radius 3 is 2.45 bits per heavy atom. The zero-order valence-electron chi connectivity index (χ0n) is 7.47. The largest absolute Gasteiger partial charge is 0.229 e. The van der Waals surface area contributed by atoms with E-state index < -0.39 is 0 Å². The van der Waals surface area contributed by atoms with Gasteiger partial charge in [-0.15, -0.1) is 0 Å². The van der Waals surface area contributed by atoms with E-state index in [1.165, 1.54) is 25.7 Å². The molecule has 0 spiro atoms. The summed E-state index contributed by atoms with van der Waals surface area (Å²) in [5.74, 6) is 0. The van der Waals surface area contributed by atoms with Gasteiger partial charge in [-0.05, 0) is 25.1 Å². The third-order valence-corrected chi connectivity index (χ3v) is 1.85. The first-order valence-corrected chi connectivity index (χ1v) is 4.82. The smallest absolute Gasteiger partial charge is 0.0602 e. The molecule has 0 aliphatic carbocycles. The van der Waals surface area contributed by atoms with Crippen molar-refractivity contribution in [1.82, 2.24) is 0 Å². The number of hydrogen-bond donors (Lipinski definition) is 0. The molecule has 1 unspecified atom stereocenters. The van der Waals surface area contributed by atoms with Gasteiger partial charge < -0.3 is 0 Å². The molecule has 2 heteroatoms. The zero-order chi connectivity index (χ0) is 8.53. The van der Waals surface area contributed by atoms with Crippen LogP contribution < -0.4 is 0 Å². The van der Waals surface area contributed by atoms with E-state index in [9.17, 15) is 0 Å². The lowest BCUT2D eigenvalue weighted by atomic mass is 10.1. The molecule has 0 aliphatic rings. The van der Waals surface area contributed by atoms with E-state index >= 15 is 0 Å². The van der Waals surface area contributed by atoms with E-state index in [1.54, 1.807) is 0 Å². The van der Waals surface area contributed by atoms with Crippen LogP contribution >= 0.6 is 12.2 Å². The number of rotatable bonds is 6. The fourth-order valence-corrected chi connectivity index (χ4v) is 1.27. The fourth-order valence-electron chi connectivity index (χ4n) is 1.12. The van der Waals surface area contributed by atoms with Gasteiger partial charge in [0.1, 0.15) is 0 Å². The molecule has 0 aromatic carbocycles. The maximum absolute atomic E-state index is 4.58. The summed E-state index contributed by atoms with van der Waals surface area (Å²) >= 11 is 4.58. The van der Waals surface area contributed by atoms with Crippen LogP contribution in [0.4, 0.5) is 0 Å². The summed E-state index contributed by atoms with van der Waals surface area (Å²) < 4.78 is 0. The first-order valence-electron chi connectivity index (χ1n) is 4.42. The van der Waals surface area contributed by atoms with Crippen LogP contribution in [0.3, 0.4) is 0 Å². The van der Waals surface area contributed by atoms with Crippen molar-refractivity contribution in [3.63, 3.8) is 0 Å². The van der Waals surface area contributed by atoms with Gasteiger partial charge in [0.2, 0.25) is 0 Å². The summed E-state index contributed by atoms with van der Waals surface area (Å²) in [6, 6.07) is 0.442. The normalized spacial score (nSPS) is 12.2. The Bertz CT molecular complexity index is 128. The van der Waals surface area contributed by atoms with E-state index in [0.29, 0.717) is 6.04 Å². The van der Waals surface area contributed by atoms with Crippen LogP contribution in [0.5, 0.6) is 0 Å². The van der Waals surface area contributed by atoms with Crippen molar-refractivity contribution >= 4 is 17.4 Å². The highest BCUT2D eigenvalue weighted by Crippen LogP contribution is 2.09. The third kappa shape index (κ3) is 6.21. The topological polar surface area (TPSA) is 12.4 Å². The molecule has 0 aromatic heterocycles. The van der Waals surface area contributed by atoms with E-state index in [2.05, 4.69) is 36.2 Å². The van der Waals surface area contributed by atoms with Gasteiger partial charge in [0.15, 0.2) is 0 Å². The molecule has 0 saturated carbocycles. The van der Waals surface area contributed by atoms with Gasteiger partial charge in [-0.1, -0.05) is 33.1 Å². The maximum Gasteiger partial charge on any atom is 0.0602 e. The van der Waals surface area contributed by atoms with Crippen LogP contribution in [-0.2, 0) is 0 Å². The number of hydrogen-bond acceptors (Lipinski definition) is 2. The molecular weight excluding hydrogens is 154 g/mol. The predicted molar refractivity (Wildman–Crippen MR) is 53.2 cm³/mol. The Kier molecular flexibility index (Phi) is 7.76. The van der Waals surface area contributed by atoms with Gasteiger partial charge in [0, 0.05) is 0 Å². The molecule has 0 N–H and O–H groups in total. The molecule has 1 nitrogen and oxygen atoms in total. The second kappa shape index (κ2) is 7.90. The summed E-state index contributed by atoms with van der Waals surface area (Å²) in [5, 5.41) is 2.47. The first kappa shape index (κ1) is 10.8. The molecule has 0 radical (unpaired) electrons. The van der Waals surface area contributed by atoms with Gasteiger partial charge in [-0.2, -0.15) is 0 Å². The van der Waals surface area contributed by atoms with E-state index in [-0.39, 0.29) is 0 Å². The van der Waals surface area contributed by atoms with E-state index in [0.717, 1.165) is 6.42 Å². The second-order valence-electron chi connectivity index (χ2n) is 2.81. The lowest BCUT2D eigenvalue weighted by molar-refractivity contribution is 0.540. The molecule has 0 rings (SSSR count). The van der Waals surface area contributed by atoms with Gasteiger partial charge in [-0.3, -0.25) is 0 Å². The lowest BCUT2D eigenvalue weighted by Crippen LogP contribution is -2.02. The third-order valence-electron chi connectivity index (χ3n) is 1.75. The molecule has 0 heterocycles. The molecule has 11 heavy (non-hydrogen) atoms. The number of nitrogens with zero attached hydrogens (tertiary/aromatic N) is 1. The van der Waals surface area contributed by atoms with E-state index in [4.69, 9.17) is 0 Å². The summed E-state index contributed by atoms with van der Waals surface area (Å²) in [7, 11) is 0. The fraction of sp³-hybridized carbons (Fsp3) is 0.889. The van der Waals surface area contributed by atoms with Crippen molar-refractivity contribution in [2.24, 2.45) is 4.99 Å². The van der Waals surface area contributed by atoms with Crippen LogP contribution in [0.2, 0.25) is 0 Å². The molecule has 0 aliphatic heterocycles. The molecule has 1 atom stereocenters. The van der Waals surface area contributed by atoms with Crippen molar-refractivity contribution in [3.8, 4) is 0 Å². The van der Waals surface area contributed by atoms with Crippen LogP contribution in [0.25, 0.3) is 0 Å². The van der Waals surface area contributed by atoms with E-state index in [1.807, 2.05) is 0 Å². The first-order chi connectivity index (χ1) is 5.35. The number of unbranched alkanes of at least 4 members (excludes halogenated alkanes) is 1. The van der Waals surface area contributed by atoms with Crippen LogP contribution in [-0.4, -0.2) is 11.2 Å². The van der Waals surface area contributed by atoms with Crippen LogP contribution in [0, 0.1) is 0 Å². The number of thiocarbonyl (C=S) groups is 1. The van der Waals surface area contributed by atoms with Crippen molar-refractivity contribution < 1.29 is 0 Å². The predicted octanol–water partition coefficient (Wildman–Crippen LogP) is 3.45. The summed E-state index contributed by atoms with van der Waals surface area (Å²) in [6.07, 6.45) is 6.02. The number of aliphatic imine (C=N–C) groups is 1. The highest BCUT2D eigenvalue weighted by molar-refractivity contribution is 7.78. The molecule has 0 amide bonds. The molecule has 0 saturated heterocycles. The minimum Gasteiger partial charge on any atom is -0.229 e. The standard InChI is InChI=1S/C9H17NS/c1-3-5-7-9(6-4-2)10-8-11/h9H,3-7H2,1-2H3. The Morgan fingerprint density at radius 1 is 1.27 bits per heavy atom. The summed E-state index contributed by atoms with van der Waals surface area (Å²) in [6.45, 7) is 4.38. The van der Waals surface area contributed by atoms with Crippen molar-refractivity contribution in [3.05, 3.63) is 0 Å². The van der Waals surface area contributed by atoms with Crippen molar-refractivity contribution in [1.29, 1.82) is 0 Å². The van der Waals surface area contributed by atoms with Gasteiger partial charge >= 0.3 is 0 Å². The Hall–Kier alpha value is -0.200. The molecule has 0 bridgehead atoms. The monoisotopic (exact) mass is 171 g/mol. The highest BCUT2D eigenvalue weighted by atomic mass is 32.1.